The zero-order valence-electron chi connectivity index (χ0n) is 19.2. The number of amides is 1. The Kier molecular flexibility index (Phi) is 6.00. The van der Waals surface area contributed by atoms with Gasteiger partial charge in [0.1, 0.15) is 17.2 Å². The van der Waals surface area contributed by atoms with Gasteiger partial charge >= 0.3 is 12.1 Å². The first-order valence-electron chi connectivity index (χ1n) is 11.3. The van der Waals surface area contributed by atoms with Gasteiger partial charge in [-0.1, -0.05) is 30.8 Å². The number of aryl methyl sites for hydroxylation is 1. The molecule has 0 bridgehead atoms. The average Bonchev–Trinajstić information content (AvgIpc) is 3.49. The SMILES string of the molecule is C=CC(F)(F)c1nc2ncccn2c1C(=O)NCc1ccc(-c2nc3n(n2)CC[C@@H](C(F)(F)F)C3)cc1. The highest BCUT2D eigenvalue weighted by atomic mass is 19.4. The van der Waals surface area contributed by atoms with Crippen LogP contribution < -0.4 is 5.32 Å². The molecule has 1 aliphatic rings. The van der Waals surface area contributed by atoms with Gasteiger partial charge in [0.15, 0.2) is 5.82 Å². The number of allylic oxidation sites excluding steroid dienone is 1. The third-order valence-corrected chi connectivity index (χ3v) is 6.19. The van der Waals surface area contributed by atoms with Gasteiger partial charge in [-0.05, 0) is 24.1 Å². The second-order valence-electron chi connectivity index (χ2n) is 8.61. The average molecular weight is 517 g/mol. The van der Waals surface area contributed by atoms with Crippen molar-refractivity contribution >= 4 is 11.7 Å². The lowest BCUT2D eigenvalue weighted by Gasteiger charge is -2.24. The van der Waals surface area contributed by atoms with E-state index < -0.39 is 29.6 Å². The summed E-state index contributed by atoms with van der Waals surface area (Å²) in [6.45, 7) is 3.29. The van der Waals surface area contributed by atoms with Gasteiger partial charge in [-0.2, -0.15) is 27.1 Å². The Bertz CT molecular complexity index is 1470. The maximum absolute atomic E-state index is 14.4. The van der Waals surface area contributed by atoms with Gasteiger partial charge in [-0.15, -0.1) is 0 Å². The summed E-state index contributed by atoms with van der Waals surface area (Å²) in [5.41, 5.74) is 0.148. The molecule has 1 amide bonds. The van der Waals surface area contributed by atoms with E-state index in [1.54, 1.807) is 24.3 Å². The Morgan fingerprint density at radius 1 is 1.16 bits per heavy atom. The van der Waals surface area contributed by atoms with Crippen LogP contribution in [0.4, 0.5) is 22.0 Å². The summed E-state index contributed by atoms with van der Waals surface area (Å²) in [4.78, 5) is 24.9. The molecule has 0 spiro atoms. The molecule has 0 saturated carbocycles. The van der Waals surface area contributed by atoms with Crippen LogP contribution in [0.15, 0.2) is 55.4 Å². The van der Waals surface area contributed by atoms with Crippen molar-refractivity contribution < 1.29 is 26.7 Å². The quantitative estimate of drug-likeness (QED) is 0.304. The number of rotatable bonds is 6. The van der Waals surface area contributed by atoms with E-state index >= 15 is 0 Å². The number of alkyl halides is 5. The van der Waals surface area contributed by atoms with Crippen molar-refractivity contribution in [2.45, 2.75) is 38.0 Å². The summed E-state index contributed by atoms with van der Waals surface area (Å²) >= 11 is 0. The molecule has 0 fully saturated rings. The molecule has 0 radical (unpaired) electrons. The lowest BCUT2D eigenvalue weighted by Crippen LogP contribution is -2.31. The highest BCUT2D eigenvalue weighted by Crippen LogP contribution is 2.35. The van der Waals surface area contributed by atoms with Gasteiger partial charge < -0.3 is 5.32 Å². The van der Waals surface area contributed by atoms with Gasteiger partial charge in [-0.25, -0.2) is 19.6 Å². The van der Waals surface area contributed by atoms with Crippen molar-refractivity contribution in [1.29, 1.82) is 0 Å². The predicted octanol–water partition coefficient (Wildman–Crippen LogP) is 4.32. The maximum Gasteiger partial charge on any atom is 0.392 e. The highest BCUT2D eigenvalue weighted by Gasteiger charge is 2.42. The number of aromatic nitrogens is 6. The van der Waals surface area contributed by atoms with E-state index in [9.17, 15) is 26.7 Å². The molecular weight excluding hydrogens is 497 g/mol. The minimum absolute atomic E-state index is 0.0199. The molecule has 3 aromatic heterocycles. The molecule has 5 rings (SSSR count). The molecule has 1 atom stereocenters. The first kappa shape index (κ1) is 24.5. The van der Waals surface area contributed by atoms with Gasteiger partial charge in [0, 0.05) is 37.5 Å². The topological polar surface area (TPSA) is 90.0 Å². The van der Waals surface area contributed by atoms with Crippen LogP contribution in [0.2, 0.25) is 0 Å². The minimum Gasteiger partial charge on any atom is -0.347 e. The van der Waals surface area contributed by atoms with Crippen LogP contribution in [0.1, 0.15) is 34.0 Å². The summed E-state index contributed by atoms with van der Waals surface area (Å²) in [6.07, 6.45) is -1.33. The van der Waals surface area contributed by atoms with Crippen molar-refractivity contribution in [3.63, 3.8) is 0 Å². The summed E-state index contributed by atoms with van der Waals surface area (Å²) in [7, 11) is 0. The molecule has 0 unspecified atom stereocenters. The molecule has 4 aromatic rings. The number of hydrogen-bond donors (Lipinski definition) is 1. The predicted molar refractivity (Wildman–Crippen MR) is 122 cm³/mol. The van der Waals surface area contributed by atoms with Crippen LogP contribution in [0, 0.1) is 5.92 Å². The first-order valence-corrected chi connectivity index (χ1v) is 11.3. The summed E-state index contributed by atoms with van der Waals surface area (Å²) in [5.74, 6) is -5.20. The van der Waals surface area contributed by atoms with Crippen molar-refractivity contribution in [1.82, 2.24) is 34.4 Å². The van der Waals surface area contributed by atoms with Crippen molar-refractivity contribution in [2.24, 2.45) is 5.92 Å². The van der Waals surface area contributed by atoms with Crippen LogP contribution in [-0.4, -0.2) is 41.2 Å². The number of halogens is 5. The number of carbonyl (C=O) groups is 1. The van der Waals surface area contributed by atoms with Gasteiger partial charge in [0.25, 0.3) is 5.91 Å². The number of fused-ring (bicyclic) bond motifs is 2. The number of hydrogen-bond acceptors (Lipinski definition) is 5. The second kappa shape index (κ2) is 9.05. The molecule has 37 heavy (non-hydrogen) atoms. The number of benzene rings is 1. The monoisotopic (exact) mass is 517 g/mol. The van der Waals surface area contributed by atoms with E-state index in [2.05, 4.69) is 31.9 Å². The van der Waals surface area contributed by atoms with Crippen molar-refractivity contribution in [2.75, 3.05) is 0 Å². The van der Waals surface area contributed by atoms with Crippen LogP contribution in [-0.2, 0) is 25.4 Å². The van der Waals surface area contributed by atoms with E-state index in [1.165, 1.54) is 27.5 Å². The van der Waals surface area contributed by atoms with Crippen LogP contribution >= 0.6 is 0 Å². The van der Waals surface area contributed by atoms with E-state index in [0.29, 0.717) is 23.0 Å². The number of nitrogens with zero attached hydrogens (tertiary/aromatic N) is 6. The summed E-state index contributed by atoms with van der Waals surface area (Å²) in [5, 5.41) is 6.93. The zero-order valence-corrected chi connectivity index (χ0v) is 19.2. The van der Waals surface area contributed by atoms with Gasteiger partial charge in [0.05, 0.1) is 5.92 Å². The number of carbonyl (C=O) groups excluding carboxylic acids is 1. The largest absolute Gasteiger partial charge is 0.392 e. The smallest absolute Gasteiger partial charge is 0.347 e. The molecule has 1 N–H and O–H groups in total. The zero-order chi connectivity index (χ0) is 26.4. The third kappa shape index (κ3) is 4.68. The lowest BCUT2D eigenvalue weighted by atomic mass is 9.98. The Balaban J connectivity index is 1.31. The molecular formula is C24H20F5N7O. The van der Waals surface area contributed by atoms with Gasteiger partial charge in [0.2, 0.25) is 5.78 Å². The molecule has 0 saturated heterocycles. The van der Waals surface area contributed by atoms with Crippen LogP contribution in [0.3, 0.4) is 0 Å². The third-order valence-electron chi connectivity index (χ3n) is 6.19. The molecule has 192 valence electrons. The summed E-state index contributed by atoms with van der Waals surface area (Å²) in [6, 6.07) is 8.22. The Morgan fingerprint density at radius 2 is 1.92 bits per heavy atom. The normalized spacial score (nSPS) is 16.0. The maximum atomic E-state index is 14.4. The molecule has 1 aliphatic heterocycles. The van der Waals surface area contributed by atoms with Gasteiger partial charge in [-0.3, -0.25) is 9.20 Å². The standard InChI is InChI=1S/C24H20F5N7O/c1-2-23(25,26)19-18(35-10-3-9-30-22(35)33-19)21(37)31-13-14-4-6-15(7-5-14)20-32-17-12-16(24(27,28)29)8-11-36(17)34-20/h2-7,9-10,16H,1,8,11-13H2,(H,31,37)/t16-/m1/s1. The molecule has 1 aromatic carbocycles. The minimum atomic E-state index is -4.27. The van der Waals surface area contributed by atoms with Crippen molar-refractivity contribution in [3.8, 4) is 11.4 Å². The van der Waals surface area contributed by atoms with E-state index in [0.717, 1.165) is 0 Å². The number of imidazole rings is 1. The van der Waals surface area contributed by atoms with E-state index in [4.69, 9.17) is 0 Å². The highest BCUT2D eigenvalue weighted by molar-refractivity contribution is 5.94. The van der Waals surface area contributed by atoms with E-state index in [-0.39, 0.29) is 43.2 Å². The van der Waals surface area contributed by atoms with E-state index in [1.807, 2.05) is 0 Å². The van der Waals surface area contributed by atoms with Crippen molar-refractivity contribution in [3.05, 3.63) is 78.2 Å². The fourth-order valence-electron chi connectivity index (χ4n) is 4.18. The second-order valence-corrected chi connectivity index (χ2v) is 8.61. The lowest BCUT2D eigenvalue weighted by molar-refractivity contribution is -0.179. The molecule has 0 aliphatic carbocycles. The molecule has 13 heteroatoms. The Hall–Kier alpha value is -4.16. The first-order chi connectivity index (χ1) is 17.6. The fourth-order valence-corrected chi connectivity index (χ4v) is 4.18. The number of nitrogens with one attached hydrogen (secondary N) is 1. The fraction of sp³-hybridized carbons (Fsp3) is 0.292. The molecule has 8 nitrogen and oxygen atoms in total. The summed E-state index contributed by atoms with van der Waals surface area (Å²) < 4.78 is 70.7. The Labute approximate surface area is 206 Å². The van der Waals surface area contributed by atoms with Crippen LogP contribution in [0.5, 0.6) is 0 Å². The Morgan fingerprint density at radius 3 is 2.62 bits per heavy atom. The van der Waals surface area contributed by atoms with Crippen LogP contribution in [0.25, 0.3) is 17.2 Å². The molecule has 4 heterocycles.